The van der Waals surface area contributed by atoms with E-state index in [2.05, 4.69) is 5.32 Å². The average Bonchev–Trinajstić information content (AvgIpc) is 2.60. The van der Waals surface area contributed by atoms with E-state index in [4.69, 9.17) is 4.74 Å². The first-order valence-electron chi connectivity index (χ1n) is 8.43. The zero-order valence-corrected chi connectivity index (χ0v) is 13.6. The van der Waals surface area contributed by atoms with Gasteiger partial charge in [-0.05, 0) is 17.5 Å². The molecule has 4 heteroatoms. The third kappa shape index (κ3) is 4.86. The van der Waals surface area contributed by atoms with Gasteiger partial charge in [-0.3, -0.25) is 0 Å². The van der Waals surface area contributed by atoms with Gasteiger partial charge in [0.2, 0.25) is 0 Å². The summed E-state index contributed by atoms with van der Waals surface area (Å²) < 4.78 is 33.5. The van der Waals surface area contributed by atoms with Gasteiger partial charge in [0.1, 0.15) is 0 Å². The van der Waals surface area contributed by atoms with Crippen LogP contribution in [-0.2, 0) is 17.9 Å². The third-order valence-corrected chi connectivity index (χ3v) is 4.49. The lowest BCUT2D eigenvalue weighted by Gasteiger charge is -2.36. The minimum Gasteiger partial charge on any atom is -0.372 e. The molecule has 1 aliphatic rings. The summed E-state index contributed by atoms with van der Waals surface area (Å²) >= 11 is 0. The van der Waals surface area contributed by atoms with Gasteiger partial charge in [-0.15, -0.1) is 0 Å². The average molecular weight is 331 g/mol. The van der Waals surface area contributed by atoms with Gasteiger partial charge in [0.15, 0.2) is 0 Å². The molecular formula is C20H23F2NO. The highest BCUT2D eigenvalue weighted by Gasteiger charge is 2.41. The Bertz CT molecular complexity index is 618. The number of halogens is 2. The Balaban J connectivity index is 1.60. The standard InChI is InChI=1S/C20H23F2NO/c21-20(22)12-11-18(23-14-16-7-3-1-4-8-16)19(13-20)24-15-17-9-5-2-6-10-17/h1-10,18-19,23H,11-15H2. The highest BCUT2D eigenvalue weighted by molar-refractivity contribution is 5.15. The third-order valence-electron chi connectivity index (χ3n) is 4.49. The summed E-state index contributed by atoms with van der Waals surface area (Å²) in [5.74, 6) is -2.63. The fraction of sp³-hybridized carbons (Fsp3) is 0.400. The second kappa shape index (κ2) is 7.86. The SMILES string of the molecule is FC1(F)CCC(NCc2ccccc2)C(OCc2ccccc2)C1. The minimum atomic E-state index is -2.63. The Morgan fingerprint density at radius 3 is 2.25 bits per heavy atom. The van der Waals surface area contributed by atoms with Crippen LogP contribution in [0.25, 0.3) is 0 Å². The van der Waals surface area contributed by atoms with E-state index in [1.54, 1.807) is 0 Å². The molecule has 3 rings (SSSR count). The number of hydrogen-bond donors (Lipinski definition) is 1. The van der Waals surface area contributed by atoms with Crippen LogP contribution in [0.4, 0.5) is 8.78 Å². The van der Waals surface area contributed by atoms with Crippen molar-refractivity contribution in [2.45, 2.75) is 50.5 Å². The first-order chi connectivity index (χ1) is 11.6. The zero-order chi connectivity index (χ0) is 16.8. The molecule has 1 fully saturated rings. The van der Waals surface area contributed by atoms with Crippen molar-refractivity contribution in [2.75, 3.05) is 0 Å². The van der Waals surface area contributed by atoms with Crippen LogP contribution in [0.5, 0.6) is 0 Å². The Morgan fingerprint density at radius 1 is 0.958 bits per heavy atom. The number of nitrogens with one attached hydrogen (secondary N) is 1. The minimum absolute atomic E-state index is 0.0476. The van der Waals surface area contributed by atoms with E-state index in [1.165, 1.54) is 0 Å². The molecular weight excluding hydrogens is 308 g/mol. The van der Waals surface area contributed by atoms with Crippen molar-refractivity contribution in [1.29, 1.82) is 0 Å². The van der Waals surface area contributed by atoms with Gasteiger partial charge < -0.3 is 10.1 Å². The van der Waals surface area contributed by atoms with Crippen molar-refractivity contribution in [3.05, 3.63) is 71.8 Å². The Labute approximate surface area is 141 Å². The summed E-state index contributed by atoms with van der Waals surface area (Å²) in [6.45, 7) is 1.04. The van der Waals surface area contributed by atoms with E-state index in [0.717, 1.165) is 11.1 Å². The maximum absolute atomic E-state index is 13.8. The smallest absolute Gasteiger partial charge is 0.250 e. The van der Waals surface area contributed by atoms with Crippen molar-refractivity contribution in [1.82, 2.24) is 5.32 Å². The Kier molecular flexibility index (Phi) is 5.59. The normalized spacial score (nSPS) is 23.1. The van der Waals surface area contributed by atoms with Crippen LogP contribution in [0, 0.1) is 0 Å². The largest absolute Gasteiger partial charge is 0.372 e. The van der Waals surface area contributed by atoms with Gasteiger partial charge in [-0.1, -0.05) is 60.7 Å². The predicted molar refractivity (Wildman–Crippen MR) is 90.9 cm³/mol. The first-order valence-corrected chi connectivity index (χ1v) is 8.43. The number of benzene rings is 2. The molecule has 2 aromatic rings. The van der Waals surface area contributed by atoms with Gasteiger partial charge in [0, 0.05) is 25.4 Å². The molecule has 1 aliphatic carbocycles. The van der Waals surface area contributed by atoms with E-state index >= 15 is 0 Å². The van der Waals surface area contributed by atoms with E-state index in [9.17, 15) is 8.78 Å². The lowest BCUT2D eigenvalue weighted by atomic mass is 9.89. The van der Waals surface area contributed by atoms with Gasteiger partial charge in [0.25, 0.3) is 5.92 Å². The molecule has 2 nitrogen and oxygen atoms in total. The quantitative estimate of drug-likeness (QED) is 0.838. The Hall–Kier alpha value is -1.78. The molecule has 2 aromatic carbocycles. The molecule has 2 atom stereocenters. The highest BCUT2D eigenvalue weighted by Crippen LogP contribution is 2.35. The summed E-state index contributed by atoms with van der Waals surface area (Å²) in [7, 11) is 0. The summed E-state index contributed by atoms with van der Waals surface area (Å²) in [5, 5.41) is 3.40. The van der Waals surface area contributed by atoms with Gasteiger partial charge >= 0.3 is 0 Å². The van der Waals surface area contributed by atoms with Crippen LogP contribution in [-0.4, -0.2) is 18.1 Å². The highest BCUT2D eigenvalue weighted by atomic mass is 19.3. The molecule has 24 heavy (non-hydrogen) atoms. The molecule has 0 bridgehead atoms. The number of hydrogen-bond acceptors (Lipinski definition) is 2. The van der Waals surface area contributed by atoms with E-state index in [-0.39, 0.29) is 18.9 Å². The number of ether oxygens (including phenoxy) is 1. The second-order valence-electron chi connectivity index (χ2n) is 6.41. The van der Waals surface area contributed by atoms with Crippen molar-refractivity contribution in [3.63, 3.8) is 0 Å². The van der Waals surface area contributed by atoms with Crippen molar-refractivity contribution >= 4 is 0 Å². The van der Waals surface area contributed by atoms with Gasteiger partial charge in [-0.25, -0.2) is 8.78 Å². The molecule has 1 saturated carbocycles. The molecule has 0 heterocycles. The first kappa shape index (κ1) is 17.1. The van der Waals surface area contributed by atoms with Crippen LogP contribution < -0.4 is 5.32 Å². The Morgan fingerprint density at radius 2 is 1.58 bits per heavy atom. The predicted octanol–water partition coefficient (Wildman–Crippen LogP) is 4.55. The molecule has 128 valence electrons. The summed E-state index contributed by atoms with van der Waals surface area (Å²) in [6.07, 6.45) is -0.339. The lowest BCUT2D eigenvalue weighted by molar-refractivity contribution is -0.113. The van der Waals surface area contributed by atoms with Crippen molar-refractivity contribution < 1.29 is 13.5 Å². The van der Waals surface area contributed by atoms with Crippen LogP contribution >= 0.6 is 0 Å². The van der Waals surface area contributed by atoms with E-state index in [1.807, 2.05) is 60.7 Å². The van der Waals surface area contributed by atoms with Crippen molar-refractivity contribution in [3.8, 4) is 0 Å². The summed E-state index contributed by atoms with van der Waals surface area (Å²) in [5.41, 5.74) is 2.16. The fourth-order valence-corrected chi connectivity index (χ4v) is 3.12. The summed E-state index contributed by atoms with van der Waals surface area (Å²) in [6, 6.07) is 19.6. The lowest BCUT2D eigenvalue weighted by Crippen LogP contribution is -2.48. The fourth-order valence-electron chi connectivity index (χ4n) is 3.12. The maximum Gasteiger partial charge on any atom is 0.250 e. The van der Waals surface area contributed by atoms with Crippen molar-refractivity contribution in [2.24, 2.45) is 0 Å². The van der Waals surface area contributed by atoms with Crippen LogP contribution in [0.15, 0.2) is 60.7 Å². The van der Waals surface area contributed by atoms with Gasteiger partial charge in [-0.2, -0.15) is 0 Å². The van der Waals surface area contributed by atoms with Crippen LogP contribution in [0.2, 0.25) is 0 Å². The zero-order valence-electron chi connectivity index (χ0n) is 13.6. The molecule has 0 spiro atoms. The summed E-state index contributed by atoms with van der Waals surface area (Å²) in [4.78, 5) is 0. The van der Waals surface area contributed by atoms with Crippen LogP contribution in [0.1, 0.15) is 30.4 Å². The molecule has 0 saturated heterocycles. The molecule has 2 unspecified atom stereocenters. The topological polar surface area (TPSA) is 21.3 Å². The molecule has 0 aliphatic heterocycles. The van der Waals surface area contributed by atoms with Gasteiger partial charge in [0.05, 0.1) is 12.7 Å². The van der Waals surface area contributed by atoms with E-state index < -0.39 is 12.0 Å². The molecule has 0 aromatic heterocycles. The number of alkyl halides is 2. The van der Waals surface area contributed by atoms with Crippen LogP contribution in [0.3, 0.4) is 0 Å². The molecule has 0 radical (unpaired) electrons. The van der Waals surface area contributed by atoms with E-state index in [0.29, 0.717) is 19.6 Å². The second-order valence-corrected chi connectivity index (χ2v) is 6.41. The number of rotatable bonds is 6. The maximum atomic E-state index is 13.8. The monoisotopic (exact) mass is 331 g/mol. The molecule has 0 amide bonds. The molecule has 1 N–H and O–H groups in total.